The van der Waals surface area contributed by atoms with Crippen LogP contribution in [0.2, 0.25) is 10.0 Å². The fourth-order valence-corrected chi connectivity index (χ4v) is 2.90. The number of carbonyl (C=O) groups excluding carboxylic acids is 2. The van der Waals surface area contributed by atoms with Gasteiger partial charge in [-0.1, -0.05) is 23.2 Å². The Balaban J connectivity index is 0.00000420. The van der Waals surface area contributed by atoms with Crippen LogP contribution in [0.5, 0.6) is 11.5 Å². The molecule has 2 rings (SSSR count). The smallest absolute Gasteiger partial charge is 0.349 e. The van der Waals surface area contributed by atoms with Crippen LogP contribution in [0.15, 0.2) is 30.3 Å². The summed E-state index contributed by atoms with van der Waals surface area (Å²) in [6, 6.07) is 7.28. The number of phenolic OH excluding ortho intramolecular Hbond substituents is 1. The van der Waals surface area contributed by atoms with Gasteiger partial charge in [-0.05, 0) is 51.1 Å². The molecule has 0 aliphatic rings. The van der Waals surface area contributed by atoms with Crippen LogP contribution in [-0.4, -0.2) is 29.1 Å². The maximum Gasteiger partial charge on any atom is 0.349 e. The number of benzene rings is 2. The van der Waals surface area contributed by atoms with Crippen molar-refractivity contribution in [2.75, 3.05) is 6.61 Å². The molecule has 0 fully saturated rings. The average molecular weight is 463 g/mol. The first-order valence-electron chi connectivity index (χ1n) is 8.53. The van der Waals surface area contributed by atoms with Crippen molar-refractivity contribution >= 4 is 47.4 Å². The number of halogens is 3. The molecule has 29 heavy (non-hydrogen) atoms. The Morgan fingerprint density at radius 1 is 1.14 bits per heavy atom. The van der Waals surface area contributed by atoms with Gasteiger partial charge >= 0.3 is 5.97 Å². The highest BCUT2D eigenvalue weighted by atomic mass is 35.5. The second-order valence-electron chi connectivity index (χ2n) is 6.45. The Kier molecular flexibility index (Phi) is 8.78. The number of ether oxygens (including phenoxy) is 2. The van der Waals surface area contributed by atoms with E-state index < -0.39 is 17.4 Å². The predicted molar refractivity (Wildman–Crippen MR) is 114 cm³/mol. The Hall–Kier alpha value is -1.99. The maximum absolute atomic E-state index is 12.8. The molecule has 0 spiro atoms. The Morgan fingerprint density at radius 3 is 2.38 bits per heavy atom. The Bertz CT molecular complexity index is 915. The number of ketones is 1. The summed E-state index contributed by atoms with van der Waals surface area (Å²) < 4.78 is 10.6. The first kappa shape index (κ1) is 25.0. The largest absolute Gasteiger partial charge is 0.508 e. The molecule has 0 amide bonds. The molecule has 0 saturated heterocycles. The van der Waals surface area contributed by atoms with Gasteiger partial charge in [-0.2, -0.15) is 0 Å². The second-order valence-corrected chi connectivity index (χ2v) is 7.20. The van der Waals surface area contributed by atoms with Crippen LogP contribution in [0.25, 0.3) is 0 Å². The molecule has 9 heteroatoms. The van der Waals surface area contributed by atoms with Gasteiger partial charge in [0.05, 0.1) is 11.6 Å². The van der Waals surface area contributed by atoms with Gasteiger partial charge in [-0.25, -0.2) is 4.79 Å². The average Bonchev–Trinajstić information content (AvgIpc) is 2.65. The predicted octanol–water partition coefficient (Wildman–Crippen LogP) is 4.53. The normalized spacial score (nSPS) is 10.8. The van der Waals surface area contributed by atoms with Crippen LogP contribution in [0.1, 0.15) is 42.3 Å². The quantitative estimate of drug-likeness (QED) is 0.463. The molecule has 0 aliphatic heterocycles. The lowest BCUT2D eigenvalue weighted by Crippen LogP contribution is -2.39. The molecule has 0 aromatic heterocycles. The van der Waals surface area contributed by atoms with E-state index in [-0.39, 0.29) is 52.7 Å². The van der Waals surface area contributed by atoms with Gasteiger partial charge in [-0.3, -0.25) is 4.79 Å². The van der Waals surface area contributed by atoms with Crippen LogP contribution in [0.4, 0.5) is 0 Å². The summed E-state index contributed by atoms with van der Waals surface area (Å²) in [4.78, 5) is 24.8. The second kappa shape index (κ2) is 10.2. The Labute approximate surface area is 185 Å². The fraction of sp³-hybridized carbons (Fsp3) is 0.300. The summed E-state index contributed by atoms with van der Waals surface area (Å²) in [6.07, 6.45) is 0. The lowest BCUT2D eigenvalue weighted by molar-refractivity contribution is -0.158. The zero-order chi connectivity index (χ0) is 21.1. The van der Waals surface area contributed by atoms with Crippen LogP contribution in [0.3, 0.4) is 0 Å². The topological polar surface area (TPSA) is 98.8 Å². The molecule has 0 radical (unpaired) electrons. The maximum atomic E-state index is 12.8. The summed E-state index contributed by atoms with van der Waals surface area (Å²) in [5.41, 5.74) is 5.17. The van der Waals surface area contributed by atoms with E-state index in [0.717, 1.165) is 0 Å². The Morgan fingerprint density at radius 2 is 1.79 bits per heavy atom. The summed E-state index contributed by atoms with van der Waals surface area (Å²) in [5, 5.41) is 9.72. The minimum atomic E-state index is -1.29. The number of phenols is 1. The molecule has 3 N–H and O–H groups in total. The van der Waals surface area contributed by atoms with Crippen LogP contribution in [-0.2, 0) is 16.1 Å². The van der Waals surface area contributed by atoms with Gasteiger partial charge in [0.25, 0.3) is 0 Å². The fourth-order valence-electron chi connectivity index (χ4n) is 2.45. The van der Waals surface area contributed by atoms with E-state index in [4.69, 9.17) is 38.4 Å². The van der Waals surface area contributed by atoms with Crippen molar-refractivity contribution in [1.29, 1.82) is 0 Å². The van der Waals surface area contributed by atoms with Gasteiger partial charge in [-0.15, -0.1) is 12.4 Å². The van der Waals surface area contributed by atoms with Crippen LogP contribution < -0.4 is 10.5 Å². The standard InChI is InChI=1S/C20H21Cl2NO5.ClH/c1-4-27-19(26)20(2,3)28-15-8-6-13(16(21)17(15)22)18(25)11-5-7-14(24)12(9-11)10-23;/h5-9,24H,4,10,23H2,1-3H3;1H. The van der Waals surface area contributed by atoms with Gasteiger partial charge in [0.1, 0.15) is 16.5 Å². The van der Waals surface area contributed by atoms with E-state index in [1.807, 2.05) is 0 Å². The van der Waals surface area contributed by atoms with Crippen molar-refractivity contribution in [3.05, 3.63) is 57.1 Å². The number of rotatable bonds is 7. The summed E-state index contributed by atoms with van der Waals surface area (Å²) in [6.45, 7) is 5.07. The summed E-state index contributed by atoms with van der Waals surface area (Å²) >= 11 is 12.6. The molecule has 0 atom stereocenters. The van der Waals surface area contributed by atoms with E-state index in [0.29, 0.717) is 11.1 Å². The highest BCUT2D eigenvalue weighted by Crippen LogP contribution is 2.37. The van der Waals surface area contributed by atoms with E-state index in [2.05, 4.69) is 0 Å². The summed E-state index contributed by atoms with van der Waals surface area (Å²) in [5.74, 6) is -0.790. The van der Waals surface area contributed by atoms with Crippen LogP contribution >= 0.6 is 35.6 Å². The van der Waals surface area contributed by atoms with Crippen molar-refractivity contribution in [2.24, 2.45) is 5.73 Å². The van der Waals surface area contributed by atoms with Crippen molar-refractivity contribution in [3.8, 4) is 11.5 Å². The first-order chi connectivity index (χ1) is 13.1. The molecule has 0 bridgehead atoms. The molecule has 2 aromatic rings. The van der Waals surface area contributed by atoms with Crippen molar-refractivity contribution in [3.63, 3.8) is 0 Å². The molecular weight excluding hydrogens is 441 g/mol. The number of hydrogen-bond donors (Lipinski definition) is 2. The third-order valence-electron chi connectivity index (χ3n) is 3.99. The lowest BCUT2D eigenvalue weighted by Gasteiger charge is -2.25. The molecule has 0 aliphatic carbocycles. The van der Waals surface area contributed by atoms with E-state index in [1.54, 1.807) is 20.8 Å². The monoisotopic (exact) mass is 461 g/mol. The first-order valence-corrected chi connectivity index (χ1v) is 9.28. The van der Waals surface area contributed by atoms with Crippen LogP contribution in [0, 0.1) is 0 Å². The molecule has 0 unspecified atom stereocenters. The minimum absolute atomic E-state index is 0. The number of esters is 1. The number of nitrogens with two attached hydrogens (primary N) is 1. The van der Waals surface area contributed by atoms with E-state index >= 15 is 0 Å². The zero-order valence-corrected chi connectivity index (χ0v) is 18.5. The zero-order valence-electron chi connectivity index (χ0n) is 16.1. The van der Waals surface area contributed by atoms with Crippen molar-refractivity contribution in [2.45, 2.75) is 32.9 Å². The minimum Gasteiger partial charge on any atom is -0.508 e. The molecule has 2 aromatic carbocycles. The van der Waals surface area contributed by atoms with Crippen molar-refractivity contribution < 1.29 is 24.2 Å². The van der Waals surface area contributed by atoms with E-state index in [9.17, 15) is 14.7 Å². The molecule has 158 valence electrons. The van der Waals surface area contributed by atoms with Gasteiger partial charge in [0.2, 0.25) is 0 Å². The highest BCUT2D eigenvalue weighted by Gasteiger charge is 2.33. The van der Waals surface area contributed by atoms with Gasteiger partial charge in [0.15, 0.2) is 11.4 Å². The van der Waals surface area contributed by atoms with Gasteiger partial charge in [0, 0.05) is 23.2 Å². The lowest BCUT2D eigenvalue weighted by atomic mass is 10.0. The molecular formula is C20H22Cl3NO5. The van der Waals surface area contributed by atoms with Crippen molar-refractivity contribution in [1.82, 2.24) is 0 Å². The molecule has 6 nitrogen and oxygen atoms in total. The van der Waals surface area contributed by atoms with Gasteiger partial charge < -0.3 is 20.3 Å². The molecule has 0 heterocycles. The third kappa shape index (κ3) is 5.54. The third-order valence-corrected chi connectivity index (χ3v) is 4.85. The summed E-state index contributed by atoms with van der Waals surface area (Å²) in [7, 11) is 0. The highest BCUT2D eigenvalue weighted by molar-refractivity contribution is 6.45. The number of aromatic hydroxyl groups is 1. The number of hydrogen-bond acceptors (Lipinski definition) is 6. The van der Waals surface area contributed by atoms with E-state index in [1.165, 1.54) is 30.3 Å². The SMILES string of the molecule is CCOC(=O)C(C)(C)Oc1ccc(C(=O)c2ccc(O)c(CN)c2)c(Cl)c1Cl.Cl. The molecule has 0 saturated carbocycles. The number of carbonyl (C=O) groups is 2.